The van der Waals surface area contributed by atoms with Gasteiger partial charge in [-0.25, -0.2) is 9.97 Å². The minimum atomic E-state index is 0.749. The molecule has 0 fully saturated rings. The maximum atomic E-state index is 5.19. The lowest BCUT2D eigenvalue weighted by Gasteiger charge is -2.18. The topological polar surface area (TPSA) is 30.7 Å². The zero-order chi connectivity index (χ0) is 35.0. The molecule has 3 heterocycles. The van der Waals surface area contributed by atoms with E-state index < -0.39 is 0 Å². The first-order valence-electron chi connectivity index (χ1n) is 18.1. The van der Waals surface area contributed by atoms with E-state index in [1.54, 1.807) is 11.3 Å². The number of fused-ring (bicyclic) bond motifs is 6. The van der Waals surface area contributed by atoms with E-state index in [4.69, 9.17) is 9.97 Å². The summed E-state index contributed by atoms with van der Waals surface area (Å²) in [4.78, 5) is 10.3. The maximum absolute atomic E-state index is 5.19. The van der Waals surface area contributed by atoms with Gasteiger partial charge in [-0.05, 0) is 71.5 Å². The molecule has 0 N–H and O–H groups in total. The lowest BCUT2D eigenvalue weighted by atomic mass is 9.91. The van der Waals surface area contributed by atoms with Gasteiger partial charge in [0, 0.05) is 43.5 Å². The number of nitrogens with zero attached hydrogens (tertiary/aromatic N) is 3. The van der Waals surface area contributed by atoms with Crippen molar-refractivity contribution in [3.63, 3.8) is 0 Å². The third-order valence-electron chi connectivity index (χ3n) is 9.96. The second-order valence-corrected chi connectivity index (χ2v) is 14.0. The molecule has 0 amide bonds. The molecule has 250 valence electrons. The number of thiophene rings is 1. The predicted molar refractivity (Wildman–Crippen MR) is 222 cm³/mol. The average molecular weight is 688 g/mol. The quantitative estimate of drug-likeness (QED) is 0.180. The molecule has 0 bridgehead atoms. The fraction of sp³-hybridized carbons (Fsp3) is 0.0833. The van der Waals surface area contributed by atoms with Crippen LogP contribution in [0.25, 0.3) is 82.3 Å². The Labute approximate surface area is 308 Å². The average Bonchev–Trinajstić information content (AvgIpc) is 3.77. The van der Waals surface area contributed by atoms with Gasteiger partial charge < -0.3 is 4.57 Å². The molecule has 3 aromatic heterocycles. The van der Waals surface area contributed by atoms with Crippen molar-refractivity contribution < 1.29 is 0 Å². The fourth-order valence-electron chi connectivity index (χ4n) is 7.53. The van der Waals surface area contributed by atoms with Crippen molar-refractivity contribution in [2.45, 2.75) is 26.7 Å². The highest BCUT2D eigenvalue weighted by Crippen LogP contribution is 2.42. The smallest absolute Gasteiger partial charge is 0.160 e. The molecule has 52 heavy (non-hydrogen) atoms. The van der Waals surface area contributed by atoms with Crippen molar-refractivity contribution in [3.8, 4) is 39.5 Å². The lowest BCUT2D eigenvalue weighted by molar-refractivity contribution is 0.898. The van der Waals surface area contributed by atoms with Crippen LogP contribution in [0.1, 0.15) is 37.1 Å². The molecule has 9 aromatic rings. The lowest BCUT2D eigenvalue weighted by Crippen LogP contribution is -2.05. The monoisotopic (exact) mass is 687 g/mol. The van der Waals surface area contributed by atoms with Crippen LogP contribution in [0.15, 0.2) is 158 Å². The molecule has 0 saturated heterocycles. The Morgan fingerprint density at radius 3 is 1.90 bits per heavy atom. The van der Waals surface area contributed by atoms with Crippen molar-refractivity contribution >= 4 is 54.2 Å². The molecule has 3 nitrogen and oxygen atoms in total. The summed E-state index contributed by atoms with van der Waals surface area (Å²) < 4.78 is 4.80. The summed E-state index contributed by atoms with van der Waals surface area (Å²) in [6.07, 6.45) is 4.45. The Hall–Kier alpha value is -6.10. The molecule has 0 atom stereocenters. The van der Waals surface area contributed by atoms with Crippen LogP contribution in [0.2, 0.25) is 0 Å². The van der Waals surface area contributed by atoms with Gasteiger partial charge in [-0.1, -0.05) is 141 Å². The molecule has 10 rings (SSSR count). The fourth-order valence-corrected chi connectivity index (χ4v) is 8.67. The van der Waals surface area contributed by atoms with Crippen LogP contribution in [0.4, 0.5) is 0 Å². The van der Waals surface area contributed by atoms with Crippen molar-refractivity contribution in [1.29, 1.82) is 0 Å². The Morgan fingerprint density at radius 1 is 0.538 bits per heavy atom. The number of hydrogen-bond donors (Lipinski definition) is 0. The second-order valence-electron chi connectivity index (χ2n) is 12.9. The van der Waals surface area contributed by atoms with Gasteiger partial charge in [0.05, 0.1) is 21.4 Å². The minimum Gasteiger partial charge on any atom is -0.313 e. The third-order valence-corrected chi connectivity index (χ3v) is 11.1. The summed E-state index contributed by atoms with van der Waals surface area (Å²) in [5, 5.41) is 2.47. The number of para-hydroxylation sites is 1. The summed E-state index contributed by atoms with van der Waals surface area (Å²) in [7, 11) is 0. The van der Waals surface area contributed by atoms with Gasteiger partial charge in [-0.3, -0.25) is 0 Å². The Kier molecular flexibility index (Phi) is 8.30. The van der Waals surface area contributed by atoms with Crippen LogP contribution in [0, 0.1) is 0 Å². The van der Waals surface area contributed by atoms with Crippen LogP contribution in [-0.2, 0) is 6.42 Å². The first kappa shape index (κ1) is 31.9. The molecule has 1 aliphatic carbocycles. The summed E-state index contributed by atoms with van der Waals surface area (Å²) >= 11 is 1.77. The normalized spacial score (nSPS) is 12.4. The highest BCUT2D eigenvalue weighted by atomic mass is 32.1. The molecule has 1 aliphatic rings. The molecule has 0 radical (unpaired) electrons. The molecule has 4 heteroatoms. The second kappa shape index (κ2) is 13.6. The Bertz CT molecular complexity index is 2720. The standard InChI is InChI=1S/C46H31N3S.C2H6/c1-4-12-30(13-5-1)34-22-26-41-38(28-34)37-18-10-11-19-40(37)49(41)36-24-20-31(21-25-36)35-23-27-42-39(29-35)44-45(50-42)43(32-14-6-2-7-15-32)47-46(48-44)33-16-8-3-9-17-33;1-2/h1-21,23-25,27-29H,22,26H2;1-2H3. The molecule has 0 saturated carbocycles. The largest absolute Gasteiger partial charge is 0.313 e. The summed E-state index contributed by atoms with van der Waals surface area (Å²) in [5.41, 5.74) is 14.4. The van der Waals surface area contributed by atoms with Gasteiger partial charge in [0.25, 0.3) is 0 Å². The summed E-state index contributed by atoms with van der Waals surface area (Å²) in [5.74, 6) is 0.749. The van der Waals surface area contributed by atoms with Crippen molar-refractivity contribution in [2.75, 3.05) is 0 Å². The van der Waals surface area contributed by atoms with E-state index in [0.717, 1.165) is 51.1 Å². The maximum Gasteiger partial charge on any atom is 0.160 e. The molecule has 0 aliphatic heterocycles. The van der Waals surface area contributed by atoms with E-state index in [0.29, 0.717) is 0 Å². The SMILES string of the molecule is C1=C(c2ccccc2)CCc2c1c1ccccc1n2-c1ccc(-c2ccc3sc4c(-c5ccccc5)nc(-c5ccccc5)nc4c3c2)cc1.CC. The molecule has 6 aromatic carbocycles. The van der Waals surface area contributed by atoms with Gasteiger partial charge in [0.2, 0.25) is 0 Å². The van der Waals surface area contributed by atoms with Crippen molar-refractivity contribution in [1.82, 2.24) is 14.5 Å². The zero-order valence-corrected chi connectivity index (χ0v) is 30.1. The van der Waals surface area contributed by atoms with Gasteiger partial charge in [0.15, 0.2) is 5.82 Å². The van der Waals surface area contributed by atoms with Crippen LogP contribution in [0.5, 0.6) is 0 Å². The molecule has 0 spiro atoms. The van der Waals surface area contributed by atoms with E-state index in [9.17, 15) is 0 Å². The van der Waals surface area contributed by atoms with E-state index >= 15 is 0 Å². The molecule has 0 unspecified atom stereocenters. The number of allylic oxidation sites excluding steroid dienone is 1. The van der Waals surface area contributed by atoms with Crippen LogP contribution in [0.3, 0.4) is 0 Å². The van der Waals surface area contributed by atoms with Gasteiger partial charge in [-0.2, -0.15) is 0 Å². The zero-order valence-electron chi connectivity index (χ0n) is 29.3. The van der Waals surface area contributed by atoms with Gasteiger partial charge >= 0.3 is 0 Å². The van der Waals surface area contributed by atoms with E-state index in [1.807, 2.05) is 32.0 Å². The third kappa shape index (κ3) is 5.53. The van der Waals surface area contributed by atoms with Crippen LogP contribution in [-0.4, -0.2) is 14.5 Å². The number of rotatable bonds is 5. The van der Waals surface area contributed by atoms with Crippen molar-refractivity contribution in [2.24, 2.45) is 0 Å². The summed E-state index contributed by atoms with van der Waals surface area (Å²) in [6, 6.07) is 56.3. The highest BCUT2D eigenvalue weighted by molar-refractivity contribution is 7.26. The highest BCUT2D eigenvalue weighted by Gasteiger charge is 2.22. The predicted octanol–water partition coefficient (Wildman–Crippen LogP) is 13.3. The molecular formula is C48H37N3S. The van der Waals surface area contributed by atoms with Gasteiger partial charge in [-0.15, -0.1) is 11.3 Å². The first-order chi connectivity index (χ1) is 25.8. The number of aromatic nitrogens is 3. The van der Waals surface area contributed by atoms with Crippen LogP contribution >= 0.6 is 11.3 Å². The van der Waals surface area contributed by atoms with E-state index in [2.05, 4.69) is 150 Å². The number of benzene rings is 6. The number of hydrogen-bond acceptors (Lipinski definition) is 3. The van der Waals surface area contributed by atoms with E-state index in [-0.39, 0.29) is 0 Å². The Morgan fingerprint density at radius 2 is 1.17 bits per heavy atom. The van der Waals surface area contributed by atoms with Crippen LogP contribution < -0.4 is 0 Å². The first-order valence-corrected chi connectivity index (χ1v) is 18.9. The summed E-state index contributed by atoms with van der Waals surface area (Å²) in [6.45, 7) is 4.00. The van der Waals surface area contributed by atoms with E-state index in [1.165, 1.54) is 54.8 Å². The van der Waals surface area contributed by atoms with Gasteiger partial charge in [0.1, 0.15) is 0 Å². The molecular weight excluding hydrogens is 651 g/mol. The van der Waals surface area contributed by atoms with Crippen molar-refractivity contribution in [3.05, 3.63) is 175 Å². The minimum absolute atomic E-state index is 0.749. The Balaban J connectivity index is 0.00000177.